The Bertz CT molecular complexity index is 318. The molecular formula is C6H7N3O3. The molecule has 0 fully saturated rings. The fourth-order valence-corrected chi connectivity index (χ4v) is 0.700. The van der Waals surface area contributed by atoms with E-state index in [1.807, 2.05) is 0 Å². The number of carbonyl (C=O) groups is 2. The van der Waals surface area contributed by atoms with E-state index in [9.17, 15) is 9.59 Å². The fraction of sp³-hybridized carbons (Fsp3) is 0.167. The van der Waals surface area contributed by atoms with Gasteiger partial charge in [-0.25, -0.2) is 4.98 Å². The van der Waals surface area contributed by atoms with Gasteiger partial charge in [-0.2, -0.15) is 0 Å². The number of aliphatic carboxylic acids is 1. The van der Waals surface area contributed by atoms with Crippen LogP contribution in [0.4, 0.5) is 5.82 Å². The summed E-state index contributed by atoms with van der Waals surface area (Å²) >= 11 is 0. The highest BCUT2D eigenvalue weighted by atomic mass is 16.4. The van der Waals surface area contributed by atoms with Crippen molar-refractivity contribution in [2.75, 3.05) is 5.73 Å². The molecule has 1 rings (SSSR count). The van der Waals surface area contributed by atoms with Crippen molar-refractivity contribution in [3.8, 4) is 0 Å². The zero-order valence-corrected chi connectivity index (χ0v) is 6.07. The smallest absolute Gasteiger partial charge is 0.311 e. The summed E-state index contributed by atoms with van der Waals surface area (Å²) in [5.41, 5.74) is 5.21. The number of nitrogens with zero attached hydrogens (tertiary/aromatic N) is 1. The number of nitrogens with two attached hydrogens (primary N) is 1. The molecular weight excluding hydrogens is 162 g/mol. The molecule has 0 amide bonds. The van der Waals surface area contributed by atoms with Crippen LogP contribution in [0, 0.1) is 0 Å². The van der Waals surface area contributed by atoms with E-state index in [2.05, 4.69) is 9.97 Å². The Morgan fingerprint density at radius 3 is 2.75 bits per heavy atom. The number of ketones is 1. The van der Waals surface area contributed by atoms with E-state index in [-0.39, 0.29) is 11.6 Å². The van der Waals surface area contributed by atoms with Gasteiger partial charge in [0, 0.05) is 6.20 Å². The lowest BCUT2D eigenvalue weighted by Crippen LogP contribution is -2.08. The standard InChI is InChI=1S/C6H7N3O3/c7-4-2-8-6(9-4)3(10)1-5(11)12/h2H,1,7H2,(H,8,9)(H,11,12). The quantitative estimate of drug-likeness (QED) is 0.423. The van der Waals surface area contributed by atoms with Crippen molar-refractivity contribution in [2.24, 2.45) is 0 Å². The number of H-pyrrole nitrogens is 1. The Morgan fingerprint density at radius 2 is 2.33 bits per heavy atom. The number of rotatable bonds is 3. The predicted octanol–water partition coefficient (Wildman–Crippen LogP) is -0.351. The number of carboxylic acid groups (broad SMARTS) is 1. The van der Waals surface area contributed by atoms with Crippen LogP contribution in [-0.2, 0) is 4.79 Å². The summed E-state index contributed by atoms with van der Waals surface area (Å²) in [6.07, 6.45) is 0.752. The average Bonchev–Trinajstić information content (AvgIpc) is 2.34. The molecule has 0 aliphatic carbocycles. The van der Waals surface area contributed by atoms with Gasteiger partial charge in [-0.3, -0.25) is 9.59 Å². The van der Waals surface area contributed by atoms with Gasteiger partial charge in [-0.15, -0.1) is 0 Å². The summed E-state index contributed by atoms with van der Waals surface area (Å²) in [6.45, 7) is 0. The first-order chi connectivity index (χ1) is 5.59. The third-order valence-electron chi connectivity index (χ3n) is 1.17. The van der Waals surface area contributed by atoms with Crippen molar-refractivity contribution in [2.45, 2.75) is 6.42 Å². The van der Waals surface area contributed by atoms with Gasteiger partial charge < -0.3 is 15.8 Å². The van der Waals surface area contributed by atoms with Gasteiger partial charge in [0.2, 0.25) is 5.78 Å². The second kappa shape index (κ2) is 3.04. The summed E-state index contributed by atoms with van der Waals surface area (Å²) < 4.78 is 0. The Labute approximate surface area is 67.4 Å². The number of hydrogen-bond donors (Lipinski definition) is 3. The van der Waals surface area contributed by atoms with Gasteiger partial charge in [-0.1, -0.05) is 0 Å². The van der Waals surface area contributed by atoms with Gasteiger partial charge in [0.25, 0.3) is 0 Å². The number of nitrogen functional groups attached to an aromatic ring is 1. The molecule has 64 valence electrons. The van der Waals surface area contributed by atoms with Crippen LogP contribution >= 0.6 is 0 Å². The summed E-state index contributed by atoms with van der Waals surface area (Å²) in [6, 6.07) is 0. The van der Waals surface area contributed by atoms with Crippen LogP contribution in [0.5, 0.6) is 0 Å². The van der Waals surface area contributed by atoms with E-state index in [1.54, 1.807) is 0 Å². The number of aromatic amines is 1. The minimum Gasteiger partial charge on any atom is -0.481 e. The van der Waals surface area contributed by atoms with E-state index in [1.165, 1.54) is 6.20 Å². The maximum absolute atomic E-state index is 10.9. The molecule has 0 radical (unpaired) electrons. The highest BCUT2D eigenvalue weighted by Gasteiger charge is 2.13. The van der Waals surface area contributed by atoms with Crippen LogP contribution in [0.25, 0.3) is 0 Å². The molecule has 0 aliphatic rings. The topological polar surface area (TPSA) is 109 Å². The van der Waals surface area contributed by atoms with Crippen LogP contribution in [0.1, 0.15) is 17.0 Å². The fourth-order valence-electron chi connectivity index (χ4n) is 0.700. The van der Waals surface area contributed by atoms with Gasteiger partial charge in [0.05, 0.1) is 0 Å². The summed E-state index contributed by atoms with van der Waals surface area (Å²) in [5.74, 6) is -1.62. The van der Waals surface area contributed by atoms with Crippen LogP contribution in [0.15, 0.2) is 6.20 Å². The number of nitrogens with one attached hydrogen (secondary N) is 1. The van der Waals surface area contributed by atoms with E-state index >= 15 is 0 Å². The molecule has 1 heterocycles. The monoisotopic (exact) mass is 169 g/mol. The summed E-state index contributed by atoms with van der Waals surface area (Å²) in [7, 11) is 0. The Hall–Kier alpha value is -1.85. The molecule has 1 aromatic rings. The molecule has 0 aliphatic heterocycles. The van der Waals surface area contributed by atoms with E-state index in [4.69, 9.17) is 10.8 Å². The van der Waals surface area contributed by atoms with Gasteiger partial charge >= 0.3 is 5.97 Å². The van der Waals surface area contributed by atoms with Crippen molar-refractivity contribution in [1.82, 2.24) is 9.97 Å². The van der Waals surface area contributed by atoms with Crippen LogP contribution in [0.2, 0.25) is 0 Å². The molecule has 0 unspecified atom stereocenters. The summed E-state index contributed by atoms with van der Waals surface area (Å²) in [5, 5.41) is 8.26. The molecule has 0 bridgehead atoms. The number of aromatic nitrogens is 2. The van der Waals surface area contributed by atoms with Crippen molar-refractivity contribution >= 4 is 17.6 Å². The Morgan fingerprint density at radius 1 is 1.67 bits per heavy atom. The molecule has 0 aromatic carbocycles. The molecule has 0 saturated heterocycles. The minimum atomic E-state index is -1.19. The number of anilines is 1. The highest BCUT2D eigenvalue weighted by molar-refractivity contribution is 6.03. The van der Waals surface area contributed by atoms with E-state index in [0.717, 1.165) is 0 Å². The Balaban J connectivity index is 2.72. The zero-order chi connectivity index (χ0) is 9.14. The van der Waals surface area contributed by atoms with Crippen LogP contribution in [-0.4, -0.2) is 26.8 Å². The minimum absolute atomic E-state index is 0.0186. The first-order valence-corrected chi connectivity index (χ1v) is 3.15. The number of carbonyl (C=O) groups excluding carboxylic acids is 1. The lowest BCUT2D eigenvalue weighted by atomic mass is 10.3. The largest absolute Gasteiger partial charge is 0.481 e. The molecule has 0 spiro atoms. The maximum Gasteiger partial charge on any atom is 0.311 e. The molecule has 0 atom stereocenters. The molecule has 1 aromatic heterocycles. The van der Waals surface area contributed by atoms with Crippen LogP contribution in [0.3, 0.4) is 0 Å². The molecule has 0 saturated carbocycles. The van der Waals surface area contributed by atoms with Crippen molar-refractivity contribution in [3.05, 3.63) is 12.0 Å². The second-order valence-corrected chi connectivity index (χ2v) is 2.17. The molecule has 12 heavy (non-hydrogen) atoms. The first-order valence-electron chi connectivity index (χ1n) is 3.15. The third kappa shape index (κ3) is 1.82. The Kier molecular flexibility index (Phi) is 2.09. The zero-order valence-electron chi connectivity index (χ0n) is 6.07. The van der Waals surface area contributed by atoms with Crippen molar-refractivity contribution in [1.29, 1.82) is 0 Å². The predicted molar refractivity (Wildman–Crippen MR) is 39.6 cm³/mol. The van der Waals surface area contributed by atoms with Crippen LogP contribution < -0.4 is 5.73 Å². The number of hydrogen-bond acceptors (Lipinski definition) is 4. The van der Waals surface area contributed by atoms with Gasteiger partial charge in [0.15, 0.2) is 5.82 Å². The molecule has 6 heteroatoms. The number of imidazole rings is 1. The van der Waals surface area contributed by atoms with Crippen molar-refractivity contribution < 1.29 is 14.7 Å². The normalized spacial score (nSPS) is 9.67. The number of Topliss-reactive ketones (excluding diaryl/α,β-unsaturated/α-hetero) is 1. The van der Waals surface area contributed by atoms with E-state index < -0.39 is 18.2 Å². The SMILES string of the molecule is Nc1c[nH]c(C(=O)CC(=O)O)n1. The molecule has 6 nitrogen and oxygen atoms in total. The summed E-state index contributed by atoms with van der Waals surface area (Å²) in [4.78, 5) is 27.1. The van der Waals surface area contributed by atoms with Crippen molar-refractivity contribution in [3.63, 3.8) is 0 Å². The first kappa shape index (κ1) is 8.25. The average molecular weight is 169 g/mol. The van der Waals surface area contributed by atoms with Gasteiger partial charge in [-0.05, 0) is 0 Å². The second-order valence-electron chi connectivity index (χ2n) is 2.17. The van der Waals surface area contributed by atoms with E-state index in [0.29, 0.717) is 0 Å². The molecule has 4 N–H and O–H groups in total. The highest BCUT2D eigenvalue weighted by Crippen LogP contribution is 2.00. The number of carboxylic acids is 1. The lowest BCUT2D eigenvalue weighted by molar-refractivity contribution is -0.135. The van der Waals surface area contributed by atoms with Gasteiger partial charge in [0.1, 0.15) is 12.2 Å². The maximum atomic E-state index is 10.9. The lowest BCUT2D eigenvalue weighted by Gasteiger charge is -1.89. The third-order valence-corrected chi connectivity index (χ3v) is 1.17.